The van der Waals surface area contributed by atoms with Gasteiger partial charge < -0.3 is 9.32 Å². The monoisotopic (exact) mass is 300 g/mol. The fourth-order valence-corrected chi connectivity index (χ4v) is 3.18. The van der Waals surface area contributed by atoms with Crippen LogP contribution in [0, 0.1) is 0 Å². The van der Waals surface area contributed by atoms with Crippen LogP contribution in [0.5, 0.6) is 0 Å². The summed E-state index contributed by atoms with van der Waals surface area (Å²) in [5.74, 6) is 1.03. The van der Waals surface area contributed by atoms with Crippen LogP contribution in [0.2, 0.25) is 0 Å². The van der Waals surface area contributed by atoms with Crippen LogP contribution in [-0.4, -0.2) is 44.6 Å². The van der Waals surface area contributed by atoms with Gasteiger partial charge in [-0.25, -0.2) is 13.1 Å². The summed E-state index contributed by atoms with van der Waals surface area (Å²) in [6.45, 7) is 3.04. The van der Waals surface area contributed by atoms with Gasteiger partial charge in [0.2, 0.25) is 10.0 Å². The molecule has 1 aromatic heterocycles. The van der Waals surface area contributed by atoms with Crippen LogP contribution in [0.1, 0.15) is 36.1 Å². The molecule has 1 aliphatic heterocycles. The van der Waals surface area contributed by atoms with Crippen LogP contribution >= 0.6 is 0 Å². The van der Waals surface area contributed by atoms with Crippen molar-refractivity contribution in [2.75, 3.05) is 19.3 Å². The van der Waals surface area contributed by atoms with Crippen molar-refractivity contribution in [2.24, 2.45) is 0 Å². The third kappa shape index (κ3) is 3.83. The Morgan fingerprint density at radius 1 is 1.40 bits per heavy atom. The lowest BCUT2D eigenvalue weighted by molar-refractivity contribution is 0.0677. The molecule has 0 aromatic carbocycles. The minimum absolute atomic E-state index is 0.0862. The summed E-state index contributed by atoms with van der Waals surface area (Å²) in [4.78, 5) is 13.9. The Hall–Kier alpha value is -1.34. The number of amides is 1. The van der Waals surface area contributed by atoms with Gasteiger partial charge in [-0.05, 0) is 25.0 Å². The molecule has 2 rings (SSSR count). The predicted octanol–water partition coefficient (Wildman–Crippen LogP) is 0.996. The molecule has 20 heavy (non-hydrogen) atoms. The Morgan fingerprint density at radius 2 is 2.05 bits per heavy atom. The second-order valence-corrected chi connectivity index (χ2v) is 6.86. The predicted molar refractivity (Wildman–Crippen MR) is 75.0 cm³/mol. The molecule has 112 valence electrons. The standard InChI is InChI=1S/C13H20N2O4S/c1-3-11-4-5-12(19-11)13(16)15-8-6-10(7-9-15)14-20(2,17)18/h4-5,10,14H,3,6-9H2,1-2H3. The Labute approximate surface area is 119 Å². The lowest BCUT2D eigenvalue weighted by Gasteiger charge is -2.31. The number of nitrogens with zero attached hydrogens (tertiary/aromatic N) is 1. The number of hydrogen-bond donors (Lipinski definition) is 1. The van der Waals surface area contributed by atoms with Gasteiger partial charge in [-0.1, -0.05) is 6.92 Å². The number of piperidine rings is 1. The van der Waals surface area contributed by atoms with Crippen LogP contribution in [-0.2, 0) is 16.4 Å². The van der Waals surface area contributed by atoms with Gasteiger partial charge >= 0.3 is 0 Å². The Kier molecular flexibility index (Phi) is 4.49. The first kappa shape index (κ1) is 15.1. The number of nitrogens with one attached hydrogen (secondary N) is 1. The maximum absolute atomic E-state index is 12.2. The van der Waals surface area contributed by atoms with Crippen LogP contribution in [0.15, 0.2) is 16.5 Å². The minimum Gasteiger partial charge on any atom is -0.456 e. The van der Waals surface area contributed by atoms with E-state index in [4.69, 9.17) is 4.42 Å². The highest BCUT2D eigenvalue weighted by molar-refractivity contribution is 7.88. The number of hydrogen-bond acceptors (Lipinski definition) is 4. The van der Waals surface area contributed by atoms with Crippen molar-refractivity contribution < 1.29 is 17.6 Å². The van der Waals surface area contributed by atoms with Crippen molar-refractivity contribution >= 4 is 15.9 Å². The molecule has 0 aliphatic carbocycles. The molecular formula is C13H20N2O4S. The van der Waals surface area contributed by atoms with Crippen molar-refractivity contribution in [3.05, 3.63) is 23.7 Å². The molecule has 1 fully saturated rings. The summed E-state index contributed by atoms with van der Waals surface area (Å²) >= 11 is 0. The molecule has 2 heterocycles. The van der Waals surface area contributed by atoms with Gasteiger partial charge in [0.25, 0.3) is 5.91 Å². The second kappa shape index (κ2) is 5.97. The molecule has 1 aromatic rings. The molecule has 1 aliphatic rings. The van der Waals surface area contributed by atoms with Gasteiger partial charge in [0.1, 0.15) is 5.76 Å². The molecule has 0 unspecified atom stereocenters. The van der Waals surface area contributed by atoms with E-state index < -0.39 is 10.0 Å². The van der Waals surface area contributed by atoms with E-state index in [9.17, 15) is 13.2 Å². The van der Waals surface area contributed by atoms with E-state index in [0.717, 1.165) is 18.4 Å². The number of aryl methyl sites for hydroxylation is 1. The summed E-state index contributed by atoms with van der Waals surface area (Å²) < 4.78 is 30.4. The van der Waals surface area contributed by atoms with E-state index in [1.807, 2.05) is 13.0 Å². The molecule has 6 nitrogen and oxygen atoms in total. The lowest BCUT2D eigenvalue weighted by Crippen LogP contribution is -2.46. The fourth-order valence-electron chi connectivity index (χ4n) is 2.34. The van der Waals surface area contributed by atoms with Gasteiger partial charge in [0, 0.05) is 25.6 Å². The molecule has 0 spiro atoms. The first-order valence-corrected chi connectivity index (χ1v) is 8.63. The van der Waals surface area contributed by atoms with Crippen molar-refractivity contribution in [3.8, 4) is 0 Å². The average Bonchev–Trinajstić information content (AvgIpc) is 2.85. The fraction of sp³-hybridized carbons (Fsp3) is 0.615. The van der Waals surface area contributed by atoms with E-state index in [1.54, 1.807) is 11.0 Å². The summed E-state index contributed by atoms with van der Waals surface area (Å²) in [6, 6.07) is 3.42. The van der Waals surface area contributed by atoms with E-state index in [2.05, 4.69) is 4.72 Å². The Balaban J connectivity index is 1.91. The lowest BCUT2D eigenvalue weighted by atomic mass is 10.1. The summed E-state index contributed by atoms with van der Waals surface area (Å²) in [5.41, 5.74) is 0. The highest BCUT2D eigenvalue weighted by Crippen LogP contribution is 2.16. The average molecular weight is 300 g/mol. The van der Waals surface area contributed by atoms with Crippen LogP contribution in [0.4, 0.5) is 0 Å². The van der Waals surface area contributed by atoms with Crippen LogP contribution in [0.25, 0.3) is 0 Å². The molecule has 0 radical (unpaired) electrons. The molecule has 1 N–H and O–H groups in total. The molecule has 1 saturated heterocycles. The summed E-state index contributed by atoms with van der Waals surface area (Å²) in [7, 11) is -3.19. The molecule has 7 heteroatoms. The first-order chi connectivity index (χ1) is 9.39. The second-order valence-electron chi connectivity index (χ2n) is 5.08. The number of likely N-dealkylation sites (tertiary alicyclic amines) is 1. The number of sulfonamides is 1. The van der Waals surface area contributed by atoms with Crippen LogP contribution in [0.3, 0.4) is 0 Å². The molecular weight excluding hydrogens is 280 g/mol. The number of rotatable bonds is 4. The third-order valence-corrected chi connectivity index (χ3v) is 4.15. The first-order valence-electron chi connectivity index (χ1n) is 6.74. The smallest absolute Gasteiger partial charge is 0.289 e. The van der Waals surface area contributed by atoms with Crippen LogP contribution < -0.4 is 4.72 Å². The van der Waals surface area contributed by atoms with Gasteiger partial charge in [-0.3, -0.25) is 4.79 Å². The van der Waals surface area contributed by atoms with Gasteiger partial charge in [-0.2, -0.15) is 0 Å². The highest BCUT2D eigenvalue weighted by atomic mass is 32.2. The summed E-state index contributed by atoms with van der Waals surface area (Å²) in [5, 5.41) is 0. The van der Waals surface area contributed by atoms with Crippen molar-refractivity contribution in [2.45, 2.75) is 32.2 Å². The molecule has 1 amide bonds. The highest BCUT2D eigenvalue weighted by Gasteiger charge is 2.26. The maximum Gasteiger partial charge on any atom is 0.289 e. The minimum atomic E-state index is -3.19. The van der Waals surface area contributed by atoms with E-state index >= 15 is 0 Å². The van der Waals surface area contributed by atoms with E-state index in [-0.39, 0.29) is 11.9 Å². The largest absolute Gasteiger partial charge is 0.456 e. The topological polar surface area (TPSA) is 79.6 Å². The zero-order valence-electron chi connectivity index (χ0n) is 11.8. The van der Waals surface area contributed by atoms with Crippen molar-refractivity contribution in [3.63, 3.8) is 0 Å². The maximum atomic E-state index is 12.2. The molecule has 0 saturated carbocycles. The third-order valence-electron chi connectivity index (χ3n) is 3.38. The normalized spacial score (nSPS) is 17.4. The number of furan rings is 1. The molecule has 0 atom stereocenters. The summed E-state index contributed by atoms with van der Waals surface area (Å²) in [6.07, 6.45) is 3.16. The SMILES string of the molecule is CCc1ccc(C(=O)N2CCC(NS(C)(=O)=O)CC2)o1. The van der Waals surface area contributed by atoms with Gasteiger partial charge in [-0.15, -0.1) is 0 Å². The number of carbonyl (C=O) groups excluding carboxylic acids is 1. The zero-order chi connectivity index (χ0) is 14.8. The number of carbonyl (C=O) groups is 1. The van der Waals surface area contributed by atoms with E-state index in [0.29, 0.717) is 31.7 Å². The van der Waals surface area contributed by atoms with E-state index in [1.165, 1.54) is 0 Å². The zero-order valence-corrected chi connectivity index (χ0v) is 12.6. The quantitative estimate of drug-likeness (QED) is 0.899. The Bertz CT molecular complexity index is 571. The Morgan fingerprint density at radius 3 is 2.55 bits per heavy atom. The molecule has 0 bridgehead atoms. The van der Waals surface area contributed by atoms with Crippen molar-refractivity contribution in [1.82, 2.24) is 9.62 Å². The van der Waals surface area contributed by atoms with Crippen molar-refractivity contribution in [1.29, 1.82) is 0 Å². The van der Waals surface area contributed by atoms with Gasteiger partial charge in [0.05, 0.1) is 6.26 Å². The van der Waals surface area contributed by atoms with Gasteiger partial charge in [0.15, 0.2) is 5.76 Å².